The number of nitrogens with one attached hydrogen (secondary N) is 2. The van der Waals surface area contributed by atoms with Gasteiger partial charge in [0, 0.05) is 5.69 Å². The number of halogens is 4. The highest BCUT2D eigenvalue weighted by atomic mass is 32.2. The third kappa shape index (κ3) is 6.27. The van der Waals surface area contributed by atoms with Gasteiger partial charge in [0.25, 0.3) is 5.91 Å². The molecule has 0 aromatic heterocycles. The largest absolute Gasteiger partial charge is 0.417 e. The molecule has 16 heteroatoms. The summed E-state index contributed by atoms with van der Waals surface area (Å²) in [7, 11) is -3.96. The van der Waals surface area contributed by atoms with Gasteiger partial charge in [0.1, 0.15) is 11.4 Å². The number of hydrogen-bond acceptors (Lipinski definition) is 6. The number of nitrogens with zero attached hydrogens (tertiary/aromatic N) is 3. The molecular formula is C27H22F4N6O5S. The second-order valence-electron chi connectivity index (χ2n) is 9.86. The topological polar surface area (TPSA) is 166 Å². The molecule has 5 amide bonds. The number of nitriles is 1. The number of imide groups is 1. The van der Waals surface area contributed by atoms with Crippen LogP contribution in [0.25, 0.3) is 0 Å². The van der Waals surface area contributed by atoms with Gasteiger partial charge in [-0.05, 0) is 74.0 Å². The first-order valence-electron chi connectivity index (χ1n) is 12.2. The number of nitrogens with two attached hydrogens (primary N) is 1. The minimum atomic E-state index is -4.93. The van der Waals surface area contributed by atoms with Gasteiger partial charge >= 0.3 is 18.2 Å². The fraction of sp³-hybridized carbons (Fsp3) is 0.185. The number of hydrogen-bond donors (Lipinski definition) is 3. The first kappa shape index (κ1) is 30.9. The number of carbonyl (C=O) groups is 3. The lowest BCUT2D eigenvalue weighted by Gasteiger charge is -2.28. The summed E-state index contributed by atoms with van der Waals surface area (Å²) in [6.45, 7) is 2.38. The summed E-state index contributed by atoms with van der Waals surface area (Å²) in [5.41, 5.74) is -3.74. The molecule has 1 fully saturated rings. The Bertz CT molecular complexity index is 1790. The van der Waals surface area contributed by atoms with Gasteiger partial charge in [-0.1, -0.05) is 6.07 Å². The Balaban J connectivity index is 1.60. The van der Waals surface area contributed by atoms with Crippen molar-refractivity contribution in [3.8, 4) is 6.07 Å². The first-order valence-corrected chi connectivity index (χ1v) is 13.7. The van der Waals surface area contributed by atoms with Crippen molar-refractivity contribution in [1.29, 1.82) is 5.26 Å². The molecule has 0 unspecified atom stereocenters. The van der Waals surface area contributed by atoms with Crippen molar-refractivity contribution in [3.63, 3.8) is 0 Å². The number of alkyl halides is 3. The van der Waals surface area contributed by atoms with Crippen LogP contribution in [0.15, 0.2) is 65.6 Å². The van der Waals surface area contributed by atoms with E-state index in [1.54, 1.807) is 0 Å². The third-order valence-electron chi connectivity index (χ3n) is 6.60. The number of anilines is 3. The first-order chi connectivity index (χ1) is 19.9. The molecule has 3 aromatic carbocycles. The van der Waals surface area contributed by atoms with Crippen molar-refractivity contribution in [3.05, 3.63) is 83.2 Å². The summed E-state index contributed by atoms with van der Waals surface area (Å²) >= 11 is 0. The van der Waals surface area contributed by atoms with Crippen molar-refractivity contribution in [2.24, 2.45) is 5.14 Å². The summed E-state index contributed by atoms with van der Waals surface area (Å²) in [4.78, 5) is 40.8. The Hall–Kier alpha value is -5.01. The van der Waals surface area contributed by atoms with Gasteiger partial charge in [0.15, 0.2) is 0 Å². The van der Waals surface area contributed by atoms with Gasteiger partial charge in [-0.25, -0.2) is 32.4 Å². The molecular weight excluding hydrogens is 596 g/mol. The van der Waals surface area contributed by atoms with Crippen LogP contribution in [-0.4, -0.2) is 36.8 Å². The zero-order valence-corrected chi connectivity index (χ0v) is 23.2. The monoisotopic (exact) mass is 618 g/mol. The molecule has 1 aliphatic rings. The summed E-state index contributed by atoms with van der Waals surface area (Å²) in [6, 6.07) is 10.2. The SMILES string of the molecule is CC1(C)C(=O)N(c2ccc(C#N)c(C(F)(F)F)c2)C(=O)N1Cc1ccc(F)cc1NC(=O)Nc1ccc(S(N)(=O)=O)cc1. The van der Waals surface area contributed by atoms with Crippen LogP contribution in [0.5, 0.6) is 0 Å². The summed E-state index contributed by atoms with van der Waals surface area (Å²) in [6.07, 6.45) is -4.93. The number of rotatable bonds is 6. The zero-order valence-electron chi connectivity index (χ0n) is 22.4. The molecule has 0 spiro atoms. The van der Waals surface area contributed by atoms with Gasteiger partial charge in [-0.2, -0.15) is 18.4 Å². The normalized spacial score (nSPS) is 14.9. The average molecular weight is 619 g/mol. The van der Waals surface area contributed by atoms with Crippen molar-refractivity contribution in [1.82, 2.24) is 4.90 Å². The van der Waals surface area contributed by atoms with Gasteiger partial charge in [-0.15, -0.1) is 0 Å². The number of primary sulfonamides is 1. The van der Waals surface area contributed by atoms with E-state index in [-0.39, 0.29) is 28.4 Å². The molecule has 0 radical (unpaired) electrons. The fourth-order valence-electron chi connectivity index (χ4n) is 4.32. The van der Waals surface area contributed by atoms with Gasteiger partial charge in [0.2, 0.25) is 10.0 Å². The van der Waals surface area contributed by atoms with E-state index in [1.165, 1.54) is 38.1 Å². The van der Waals surface area contributed by atoms with Crippen molar-refractivity contribution in [2.75, 3.05) is 15.5 Å². The summed E-state index contributed by atoms with van der Waals surface area (Å²) in [5.74, 6) is -1.61. The lowest BCUT2D eigenvalue weighted by atomic mass is 10.0. The van der Waals surface area contributed by atoms with Crippen LogP contribution >= 0.6 is 0 Å². The summed E-state index contributed by atoms with van der Waals surface area (Å²) in [5, 5.41) is 19.0. The zero-order chi connectivity index (χ0) is 31.9. The minimum Gasteiger partial charge on any atom is -0.308 e. The molecule has 0 aliphatic carbocycles. The maximum absolute atomic E-state index is 14.2. The molecule has 0 bridgehead atoms. The van der Waals surface area contributed by atoms with Crippen LogP contribution in [-0.2, 0) is 27.5 Å². The summed E-state index contributed by atoms with van der Waals surface area (Å²) < 4.78 is 77.7. The van der Waals surface area contributed by atoms with Gasteiger partial charge < -0.3 is 15.5 Å². The smallest absolute Gasteiger partial charge is 0.308 e. The van der Waals surface area contributed by atoms with E-state index in [4.69, 9.17) is 10.4 Å². The molecule has 0 atom stereocenters. The molecule has 0 saturated carbocycles. The lowest BCUT2D eigenvalue weighted by Crippen LogP contribution is -2.43. The van der Waals surface area contributed by atoms with Crippen LogP contribution in [0.1, 0.15) is 30.5 Å². The number of sulfonamides is 1. The van der Waals surface area contributed by atoms with Gasteiger partial charge in [-0.3, -0.25) is 4.79 Å². The Morgan fingerprint density at radius 1 is 1.02 bits per heavy atom. The highest BCUT2D eigenvalue weighted by Crippen LogP contribution is 2.38. The molecule has 4 N–H and O–H groups in total. The van der Waals surface area contributed by atoms with E-state index in [0.29, 0.717) is 11.0 Å². The fourth-order valence-corrected chi connectivity index (χ4v) is 4.83. The van der Waals surface area contributed by atoms with Crippen molar-refractivity contribution in [2.45, 2.75) is 37.0 Å². The Labute approximate surface area is 242 Å². The van der Waals surface area contributed by atoms with E-state index in [1.807, 2.05) is 0 Å². The molecule has 4 rings (SSSR count). The lowest BCUT2D eigenvalue weighted by molar-refractivity contribution is -0.137. The second-order valence-corrected chi connectivity index (χ2v) is 11.4. The molecule has 11 nitrogen and oxygen atoms in total. The molecule has 3 aromatic rings. The highest BCUT2D eigenvalue weighted by molar-refractivity contribution is 7.89. The number of benzene rings is 3. The van der Waals surface area contributed by atoms with Gasteiger partial charge in [0.05, 0.1) is 40.0 Å². The van der Waals surface area contributed by atoms with E-state index in [0.717, 1.165) is 41.3 Å². The predicted octanol–water partition coefficient (Wildman–Crippen LogP) is 4.75. The van der Waals surface area contributed by atoms with Crippen molar-refractivity contribution >= 4 is 45.1 Å². The molecule has 224 valence electrons. The Morgan fingerprint density at radius 3 is 2.26 bits per heavy atom. The Kier molecular flexibility index (Phi) is 7.92. The maximum atomic E-state index is 14.2. The Morgan fingerprint density at radius 2 is 1.67 bits per heavy atom. The third-order valence-corrected chi connectivity index (χ3v) is 7.53. The molecule has 1 saturated heterocycles. The second kappa shape index (κ2) is 11.0. The number of carbonyl (C=O) groups excluding carboxylic acids is 3. The molecule has 1 aliphatic heterocycles. The van der Waals surface area contributed by atoms with Crippen LogP contribution in [0.4, 0.5) is 44.2 Å². The van der Waals surface area contributed by atoms with Crippen molar-refractivity contribution < 1.29 is 40.4 Å². The standard InChI is InChI=1S/C27H22F4N6O5S/c1-26(2)23(38)37(19-8-4-15(13-32)21(12-19)27(29,30)31)25(40)36(26)14-16-3-5-17(28)11-22(16)35-24(39)34-18-6-9-20(10-7-18)43(33,41)42/h3-12H,14H2,1-2H3,(H2,33,41,42)(H2,34,35,39). The van der Waals surface area contributed by atoms with Crippen LogP contribution in [0.3, 0.4) is 0 Å². The number of amides is 5. The minimum absolute atomic E-state index is 0.0918. The predicted molar refractivity (Wildman–Crippen MR) is 146 cm³/mol. The molecule has 43 heavy (non-hydrogen) atoms. The average Bonchev–Trinajstić information content (AvgIpc) is 3.07. The van der Waals surface area contributed by atoms with E-state index in [9.17, 15) is 40.4 Å². The van der Waals surface area contributed by atoms with Crippen LogP contribution in [0, 0.1) is 17.1 Å². The quantitative estimate of drug-likeness (QED) is 0.266. The van der Waals surface area contributed by atoms with Crippen LogP contribution < -0.4 is 20.7 Å². The van der Waals surface area contributed by atoms with E-state index < -0.39 is 62.3 Å². The highest BCUT2D eigenvalue weighted by Gasteiger charge is 2.52. The van der Waals surface area contributed by atoms with E-state index >= 15 is 0 Å². The van der Waals surface area contributed by atoms with Crippen LogP contribution in [0.2, 0.25) is 0 Å². The number of urea groups is 2. The molecule has 1 heterocycles. The maximum Gasteiger partial charge on any atom is 0.417 e. The van der Waals surface area contributed by atoms with E-state index in [2.05, 4.69) is 10.6 Å².